The highest BCUT2D eigenvalue weighted by molar-refractivity contribution is 6.30. The van der Waals surface area contributed by atoms with E-state index in [2.05, 4.69) is 5.10 Å². The molecule has 2 rings (SSSR count). The number of aryl methyl sites for hydroxylation is 3. The molecular formula is C13H17ClN4O2. The van der Waals surface area contributed by atoms with Gasteiger partial charge in [-0.15, -0.1) is 0 Å². The summed E-state index contributed by atoms with van der Waals surface area (Å²) in [5, 5.41) is 4.63. The molecule has 0 aromatic carbocycles. The van der Waals surface area contributed by atoms with Crippen molar-refractivity contribution in [2.45, 2.75) is 33.4 Å². The van der Waals surface area contributed by atoms with E-state index < -0.39 is 0 Å². The fourth-order valence-electron chi connectivity index (χ4n) is 2.13. The molecule has 2 heterocycles. The number of rotatable bonds is 4. The highest BCUT2D eigenvalue weighted by Crippen LogP contribution is 2.18. The summed E-state index contributed by atoms with van der Waals surface area (Å²) in [7, 11) is 1.72. The normalized spacial score (nSPS) is 11.0. The van der Waals surface area contributed by atoms with Crippen molar-refractivity contribution in [3.8, 4) is 0 Å². The standard InChI is InChI=1S/C13H17ClN4O2/c1-4-6-17-7-5-11(19)18(13(17)20)8-10-9(2)15-16(3)12(10)14/h5,7H,4,6,8H2,1-3H3. The van der Waals surface area contributed by atoms with Gasteiger partial charge in [0.2, 0.25) is 0 Å². The van der Waals surface area contributed by atoms with Crippen LogP contribution < -0.4 is 11.2 Å². The van der Waals surface area contributed by atoms with Crippen LogP contribution in [0.15, 0.2) is 21.9 Å². The quantitative estimate of drug-likeness (QED) is 0.851. The summed E-state index contributed by atoms with van der Waals surface area (Å²) in [5.41, 5.74) is 0.762. The molecule has 0 atom stereocenters. The van der Waals surface area contributed by atoms with E-state index in [0.717, 1.165) is 12.1 Å². The molecule has 2 aromatic heterocycles. The Hall–Kier alpha value is -1.82. The largest absolute Gasteiger partial charge is 0.331 e. The third-order valence-electron chi connectivity index (χ3n) is 3.19. The molecule has 0 saturated carbocycles. The topological polar surface area (TPSA) is 61.8 Å². The smallest absolute Gasteiger partial charge is 0.300 e. The lowest BCUT2D eigenvalue weighted by molar-refractivity contribution is 0.570. The van der Waals surface area contributed by atoms with Gasteiger partial charge in [0.15, 0.2) is 0 Å². The molecule has 0 radical (unpaired) electrons. The lowest BCUT2D eigenvalue weighted by atomic mass is 10.2. The van der Waals surface area contributed by atoms with Crippen LogP contribution >= 0.6 is 11.6 Å². The molecule has 108 valence electrons. The summed E-state index contributed by atoms with van der Waals surface area (Å²) < 4.78 is 4.25. The van der Waals surface area contributed by atoms with Gasteiger partial charge in [-0.1, -0.05) is 18.5 Å². The van der Waals surface area contributed by atoms with Crippen LogP contribution in [0.25, 0.3) is 0 Å². The van der Waals surface area contributed by atoms with Gasteiger partial charge in [0.05, 0.1) is 12.2 Å². The Morgan fingerprint density at radius 2 is 2.05 bits per heavy atom. The predicted octanol–water partition coefficient (Wildman–Crippen LogP) is 1.16. The molecule has 0 fully saturated rings. The first-order valence-electron chi connectivity index (χ1n) is 6.44. The molecule has 0 unspecified atom stereocenters. The van der Waals surface area contributed by atoms with Gasteiger partial charge in [-0.3, -0.25) is 14.0 Å². The molecule has 6 nitrogen and oxygen atoms in total. The number of nitrogens with zero attached hydrogens (tertiary/aromatic N) is 4. The van der Waals surface area contributed by atoms with Crippen LogP contribution in [0.5, 0.6) is 0 Å². The Labute approximate surface area is 121 Å². The number of aromatic nitrogens is 4. The monoisotopic (exact) mass is 296 g/mol. The molecule has 0 N–H and O–H groups in total. The summed E-state index contributed by atoms with van der Waals surface area (Å²) in [4.78, 5) is 24.2. The lowest BCUT2D eigenvalue weighted by Gasteiger charge is -2.09. The minimum absolute atomic E-state index is 0.140. The SMILES string of the molecule is CCCn1ccc(=O)n(Cc2c(C)nn(C)c2Cl)c1=O. The van der Waals surface area contributed by atoms with Crippen molar-refractivity contribution in [3.05, 3.63) is 49.5 Å². The predicted molar refractivity (Wildman–Crippen MR) is 77.3 cm³/mol. The Kier molecular flexibility index (Phi) is 4.13. The van der Waals surface area contributed by atoms with Gasteiger partial charge >= 0.3 is 5.69 Å². The highest BCUT2D eigenvalue weighted by Gasteiger charge is 2.14. The first-order chi connectivity index (χ1) is 9.45. The minimum Gasteiger partial charge on any atom is -0.300 e. The van der Waals surface area contributed by atoms with Crippen LogP contribution in [0.2, 0.25) is 5.15 Å². The Bertz CT molecular complexity index is 742. The summed E-state index contributed by atoms with van der Waals surface area (Å²) in [6.07, 6.45) is 2.35. The molecule has 0 aliphatic carbocycles. The molecule has 0 saturated heterocycles. The van der Waals surface area contributed by atoms with Crippen LogP contribution in [-0.4, -0.2) is 18.9 Å². The second-order valence-corrected chi connectivity index (χ2v) is 5.05. The van der Waals surface area contributed by atoms with Crippen molar-refractivity contribution in [1.82, 2.24) is 18.9 Å². The Morgan fingerprint density at radius 3 is 2.60 bits per heavy atom. The van der Waals surface area contributed by atoms with Crippen molar-refractivity contribution in [2.75, 3.05) is 0 Å². The molecule has 7 heteroatoms. The van der Waals surface area contributed by atoms with Crippen molar-refractivity contribution < 1.29 is 0 Å². The summed E-state index contributed by atoms with van der Waals surface area (Å²) in [6.45, 7) is 4.50. The first kappa shape index (κ1) is 14.6. The molecule has 0 aliphatic rings. The fourth-order valence-corrected chi connectivity index (χ4v) is 2.36. The maximum Gasteiger partial charge on any atom is 0.331 e. The zero-order valence-electron chi connectivity index (χ0n) is 11.8. The van der Waals surface area contributed by atoms with Crippen molar-refractivity contribution in [1.29, 1.82) is 0 Å². The van der Waals surface area contributed by atoms with Gasteiger partial charge in [0, 0.05) is 31.4 Å². The van der Waals surface area contributed by atoms with E-state index in [9.17, 15) is 9.59 Å². The zero-order chi connectivity index (χ0) is 14.9. The molecule has 0 bridgehead atoms. The number of hydrogen-bond donors (Lipinski definition) is 0. The lowest BCUT2D eigenvalue weighted by Crippen LogP contribution is -2.39. The average molecular weight is 297 g/mol. The van der Waals surface area contributed by atoms with Crippen molar-refractivity contribution in [2.24, 2.45) is 7.05 Å². The fraction of sp³-hybridized carbons (Fsp3) is 0.462. The van der Waals surface area contributed by atoms with Crippen molar-refractivity contribution in [3.63, 3.8) is 0 Å². The van der Waals surface area contributed by atoms with Crippen LogP contribution in [0.4, 0.5) is 0 Å². The molecular weight excluding hydrogens is 280 g/mol. The third kappa shape index (κ3) is 2.56. The van der Waals surface area contributed by atoms with Gasteiger partial charge in [0.25, 0.3) is 5.56 Å². The third-order valence-corrected chi connectivity index (χ3v) is 3.66. The zero-order valence-corrected chi connectivity index (χ0v) is 12.5. The molecule has 0 amide bonds. The van der Waals surface area contributed by atoms with E-state index >= 15 is 0 Å². The van der Waals surface area contributed by atoms with E-state index in [4.69, 9.17) is 11.6 Å². The Morgan fingerprint density at radius 1 is 1.35 bits per heavy atom. The number of halogens is 1. The summed E-state index contributed by atoms with van der Waals surface area (Å²) >= 11 is 6.15. The van der Waals surface area contributed by atoms with E-state index in [1.165, 1.54) is 26.1 Å². The van der Waals surface area contributed by atoms with Crippen LogP contribution in [0.1, 0.15) is 24.6 Å². The number of hydrogen-bond acceptors (Lipinski definition) is 3. The van der Waals surface area contributed by atoms with E-state index in [-0.39, 0.29) is 17.8 Å². The van der Waals surface area contributed by atoms with Gasteiger partial charge < -0.3 is 4.57 Å². The maximum atomic E-state index is 12.3. The van der Waals surface area contributed by atoms with Gasteiger partial charge in [-0.25, -0.2) is 4.79 Å². The van der Waals surface area contributed by atoms with Crippen LogP contribution in [-0.2, 0) is 20.1 Å². The van der Waals surface area contributed by atoms with Crippen LogP contribution in [0, 0.1) is 6.92 Å². The second-order valence-electron chi connectivity index (χ2n) is 4.69. The minimum atomic E-state index is -0.332. The van der Waals surface area contributed by atoms with E-state index in [1.807, 2.05) is 6.92 Å². The maximum absolute atomic E-state index is 12.3. The summed E-state index contributed by atoms with van der Waals surface area (Å²) in [6, 6.07) is 1.40. The van der Waals surface area contributed by atoms with E-state index in [0.29, 0.717) is 17.3 Å². The van der Waals surface area contributed by atoms with Gasteiger partial charge in [-0.2, -0.15) is 5.10 Å². The molecule has 0 aliphatic heterocycles. The highest BCUT2D eigenvalue weighted by atomic mass is 35.5. The average Bonchev–Trinajstić information content (AvgIpc) is 2.64. The van der Waals surface area contributed by atoms with Gasteiger partial charge in [0.1, 0.15) is 5.15 Å². The van der Waals surface area contributed by atoms with Crippen LogP contribution in [0.3, 0.4) is 0 Å². The second kappa shape index (κ2) is 5.66. The Balaban J connectivity index is 2.51. The molecule has 0 spiro atoms. The van der Waals surface area contributed by atoms with E-state index in [1.54, 1.807) is 14.0 Å². The van der Waals surface area contributed by atoms with Gasteiger partial charge in [-0.05, 0) is 13.3 Å². The first-order valence-corrected chi connectivity index (χ1v) is 6.81. The molecule has 2 aromatic rings. The summed E-state index contributed by atoms with van der Waals surface area (Å²) in [5.74, 6) is 0. The molecule has 20 heavy (non-hydrogen) atoms. The van der Waals surface area contributed by atoms with Crippen molar-refractivity contribution >= 4 is 11.6 Å².